The number of carbonyl (C=O) groups is 3. The number of fused-ring (bicyclic) bond motifs is 4. The van der Waals surface area contributed by atoms with E-state index in [4.69, 9.17) is 14.2 Å². The molecule has 0 spiro atoms. The normalized spacial score (nSPS) is 30.5. The molecule has 43 heavy (non-hydrogen) atoms. The van der Waals surface area contributed by atoms with Crippen LogP contribution in [0.3, 0.4) is 0 Å². The molecule has 0 aliphatic heterocycles. The van der Waals surface area contributed by atoms with E-state index in [9.17, 15) is 14.4 Å². The lowest BCUT2D eigenvalue weighted by Gasteiger charge is -2.53. The molecule has 0 heterocycles. The summed E-state index contributed by atoms with van der Waals surface area (Å²) < 4.78 is 18.1. The molecule has 6 heteroatoms. The molecule has 0 bridgehead atoms. The van der Waals surface area contributed by atoms with Crippen LogP contribution in [0.25, 0.3) is 0 Å². The summed E-state index contributed by atoms with van der Waals surface area (Å²) in [6.07, 6.45) is 6.47. The molecular formula is C37H42O6. The monoisotopic (exact) mass is 582 g/mol. The van der Waals surface area contributed by atoms with Gasteiger partial charge in [-0.2, -0.15) is 0 Å². The Morgan fingerprint density at radius 1 is 0.837 bits per heavy atom. The molecule has 4 aliphatic carbocycles. The van der Waals surface area contributed by atoms with Crippen LogP contribution in [0, 0.1) is 22.7 Å². The van der Waals surface area contributed by atoms with Gasteiger partial charge >= 0.3 is 17.9 Å². The summed E-state index contributed by atoms with van der Waals surface area (Å²) in [5, 5.41) is 0. The van der Waals surface area contributed by atoms with E-state index >= 15 is 0 Å². The van der Waals surface area contributed by atoms with Crippen molar-refractivity contribution in [2.45, 2.75) is 91.3 Å². The van der Waals surface area contributed by atoms with E-state index < -0.39 is 0 Å². The Kier molecular flexibility index (Phi) is 7.82. The number of carbonyl (C=O) groups excluding carboxylic acids is 3. The Balaban J connectivity index is 1.25. The number of allylic oxidation sites excluding steroid dienone is 4. The highest BCUT2D eigenvalue weighted by molar-refractivity contribution is 5.90. The molecule has 3 fully saturated rings. The van der Waals surface area contributed by atoms with Crippen LogP contribution >= 0.6 is 0 Å². The molecule has 2 aromatic carbocycles. The molecule has 0 N–H and O–H groups in total. The zero-order chi connectivity index (χ0) is 30.4. The zero-order valence-corrected chi connectivity index (χ0v) is 25.7. The highest BCUT2D eigenvalue weighted by Gasteiger charge is 2.56. The molecule has 226 valence electrons. The van der Waals surface area contributed by atoms with Crippen molar-refractivity contribution >= 4 is 17.9 Å². The Labute approximate surface area is 254 Å². The summed E-state index contributed by atoms with van der Waals surface area (Å²) in [5.74, 6) is 0.362. The van der Waals surface area contributed by atoms with E-state index in [-0.39, 0.29) is 46.9 Å². The highest BCUT2D eigenvalue weighted by atomic mass is 16.5. The average Bonchev–Trinajstić information content (AvgIpc) is 3.34. The fourth-order valence-corrected chi connectivity index (χ4v) is 8.79. The van der Waals surface area contributed by atoms with Crippen molar-refractivity contribution in [1.29, 1.82) is 0 Å². The first kappa shape index (κ1) is 29.4. The van der Waals surface area contributed by atoms with Gasteiger partial charge in [0.2, 0.25) is 0 Å². The van der Waals surface area contributed by atoms with E-state index in [1.807, 2.05) is 43.3 Å². The van der Waals surface area contributed by atoms with Crippen LogP contribution in [0.4, 0.5) is 0 Å². The summed E-state index contributed by atoms with van der Waals surface area (Å²) >= 11 is 0. The second-order valence-corrected chi connectivity index (χ2v) is 13.4. The third-order valence-corrected chi connectivity index (χ3v) is 10.9. The minimum atomic E-state index is -0.303. The maximum absolute atomic E-state index is 12.9. The Morgan fingerprint density at radius 2 is 1.49 bits per heavy atom. The van der Waals surface area contributed by atoms with Crippen LogP contribution in [-0.4, -0.2) is 30.1 Å². The minimum Gasteiger partial charge on any atom is -0.459 e. The van der Waals surface area contributed by atoms with Crippen LogP contribution in [0.1, 0.15) is 99.8 Å². The SMILES string of the molecule is CC(=O)OC1=C2C(=C3CC[C@H]([C@H](C)OC(=O)c4ccccc4)[C@]3(C)C1)CC[C@@H]1C[C@H](OC(=O)c3ccccc3)CC[C@@]21C. The quantitative estimate of drug-likeness (QED) is 0.254. The van der Waals surface area contributed by atoms with Crippen molar-refractivity contribution in [3.63, 3.8) is 0 Å². The molecule has 6 nitrogen and oxygen atoms in total. The number of rotatable bonds is 6. The number of hydrogen-bond donors (Lipinski definition) is 0. The van der Waals surface area contributed by atoms with Gasteiger partial charge in [-0.1, -0.05) is 55.8 Å². The van der Waals surface area contributed by atoms with Crippen LogP contribution in [-0.2, 0) is 19.0 Å². The van der Waals surface area contributed by atoms with Gasteiger partial charge in [0.1, 0.15) is 18.0 Å². The first-order chi connectivity index (χ1) is 20.6. The molecule has 0 amide bonds. The maximum Gasteiger partial charge on any atom is 0.338 e. The second kappa shape index (κ2) is 11.4. The van der Waals surface area contributed by atoms with Crippen molar-refractivity contribution in [2.24, 2.45) is 22.7 Å². The topological polar surface area (TPSA) is 78.9 Å². The fourth-order valence-electron chi connectivity index (χ4n) is 8.79. The van der Waals surface area contributed by atoms with Crippen molar-refractivity contribution in [2.75, 3.05) is 0 Å². The van der Waals surface area contributed by atoms with E-state index in [0.717, 1.165) is 50.7 Å². The fraction of sp³-hybridized carbons (Fsp3) is 0.486. The second-order valence-electron chi connectivity index (χ2n) is 13.4. The first-order valence-electron chi connectivity index (χ1n) is 15.8. The van der Waals surface area contributed by atoms with Crippen molar-refractivity contribution in [3.8, 4) is 0 Å². The Bertz CT molecular complexity index is 1470. The molecule has 6 rings (SSSR count). The van der Waals surface area contributed by atoms with Gasteiger partial charge in [-0.25, -0.2) is 9.59 Å². The molecule has 0 unspecified atom stereocenters. The van der Waals surface area contributed by atoms with E-state index in [1.165, 1.54) is 23.6 Å². The molecular weight excluding hydrogens is 540 g/mol. The largest absolute Gasteiger partial charge is 0.459 e. The lowest BCUT2D eigenvalue weighted by molar-refractivity contribution is -0.137. The predicted octanol–water partition coefficient (Wildman–Crippen LogP) is 7.99. The van der Waals surface area contributed by atoms with Gasteiger partial charge in [0.15, 0.2) is 0 Å². The molecule has 2 aromatic rings. The third kappa shape index (κ3) is 5.34. The summed E-state index contributed by atoms with van der Waals surface area (Å²) in [5.41, 5.74) is 4.73. The number of hydrogen-bond acceptors (Lipinski definition) is 6. The molecule has 0 aromatic heterocycles. The van der Waals surface area contributed by atoms with Crippen LogP contribution in [0.5, 0.6) is 0 Å². The lowest BCUT2D eigenvalue weighted by Crippen LogP contribution is -2.45. The molecule has 3 saturated carbocycles. The van der Waals surface area contributed by atoms with Gasteiger partial charge in [-0.15, -0.1) is 0 Å². The third-order valence-electron chi connectivity index (χ3n) is 10.9. The average molecular weight is 583 g/mol. The van der Waals surface area contributed by atoms with Gasteiger partial charge in [-0.3, -0.25) is 4.79 Å². The standard InChI is InChI=1S/C37H42O6/c1-23(41-34(39)25-11-7-5-8-12-25)30-17-18-31-29-16-15-27-21-28(43-35(40)26-13-9-6-10-14-26)19-20-36(27,3)33(29)32(42-24(2)38)22-37(30,31)4/h5-14,23,27-28,30H,15-22H2,1-4H3/t23-,27+,28+,30+,36+,37-/m0/s1. The zero-order valence-electron chi connectivity index (χ0n) is 25.7. The molecule has 0 radical (unpaired) electrons. The molecule has 6 atom stereocenters. The number of esters is 3. The predicted molar refractivity (Wildman–Crippen MR) is 163 cm³/mol. The minimum absolute atomic E-state index is 0.119. The van der Waals surface area contributed by atoms with Gasteiger partial charge < -0.3 is 14.2 Å². The lowest BCUT2D eigenvalue weighted by atomic mass is 9.52. The van der Waals surface area contributed by atoms with Crippen LogP contribution < -0.4 is 0 Å². The van der Waals surface area contributed by atoms with Crippen LogP contribution in [0.2, 0.25) is 0 Å². The van der Waals surface area contributed by atoms with Crippen LogP contribution in [0.15, 0.2) is 83.1 Å². The maximum atomic E-state index is 12.9. The van der Waals surface area contributed by atoms with E-state index in [1.54, 1.807) is 24.3 Å². The number of ether oxygens (including phenoxy) is 3. The van der Waals surface area contributed by atoms with Crippen molar-refractivity contribution in [1.82, 2.24) is 0 Å². The summed E-state index contributed by atoms with van der Waals surface area (Å²) in [7, 11) is 0. The summed E-state index contributed by atoms with van der Waals surface area (Å²) in [6.45, 7) is 8.08. The van der Waals surface area contributed by atoms with Crippen molar-refractivity contribution in [3.05, 3.63) is 94.3 Å². The van der Waals surface area contributed by atoms with Gasteiger partial charge in [0.25, 0.3) is 0 Å². The molecule has 4 aliphatic rings. The van der Waals surface area contributed by atoms with E-state index in [0.29, 0.717) is 23.5 Å². The molecule has 0 saturated heterocycles. The van der Waals surface area contributed by atoms with E-state index in [2.05, 4.69) is 13.8 Å². The highest BCUT2D eigenvalue weighted by Crippen LogP contribution is 2.65. The Hall–Kier alpha value is -3.67. The van der Waals surface area contributed by atoms with Gasteiger partial charge in [-0.05, 0) is 98.6 Å². The smallest absolute Gasteiger partial charge is 0.338 e. The first-order valence-corrected chi connectivity index (χ1v) is 15.8. The summed E-state index contributed by atoms with van der Waals surface area (Å²) in [4.78, 5) is 38.2. The van der Waals surface area contributed by atoms with Crippen molar-refractivity contribution < 1.29 is 28.6 Å². The Morgan fingerprint density at radius 3 is 2.14 bits per heavy atom. The number of benzene rings is 2. The van der Waals surface area contributed by atoms with Gasteiger partial charge in [0, 0.05) is 24.7 Å². The summed E-state index contributed by atoms with van der Waals surface area (Å²) in [6, 6.07) is 18.3. The van der Waals surface area contributed by atoms with Gasteiger partial charge in [0.05, 0.1) is 11.1 Å².